The maximum absolute atomic E-state index is 12.8. The third kappa shape index (κ3) is 4.73. The molecule has 0 spiro atoms. The molecule has 1 saturated carbocycles. The van der Waals surface area contributed by atoms with E-state index in [2.05, 4.69) is 33.0 Å². The van der Waals surface area contributed by atoms with E-state index in [1.807, 2.05) is 31.2 Å². The number of carbonyl (C=O) groups excluding carboxylic acids is 1. The van der Waals surface area contributed by atoms with Crippen LogP contribution in [0.1, 0.15) is 53.9 Å². The van der Waals surface area contributed by atoms with Gasteiger partial charge in [-0.25, -0.2) is 0 Å². The lowest BCUT2D eigenvalue weighted by Crippen LogP contribution is -2.39. The molecule has 2 atom stereocenters. The zero-order valence-corrected chi connectivity index (χ0v) is 15.2. The molecule has 1 aromatic rings. The van der Waals surface area contributed by atoms with E-state index in [1.165, 1.54) is 6.42 Å². The molecule has 1 aliphatic carbocycles. The monoisotopic (exact) mass is 317 g/mol. The largest absolute Gasteiger partial charge is 0.494 e. The van der Waals surface area contributed by atoms with Crippen LogP contribution in [0, 0.1) is 23.2 Å². The molecule has 1 aliphatic rings. The van der Waals surface area contributed by atoms with Gasteiger partial charge in [-0.2, -0.15) is 0 Å². The van der Waals surface area contributed by atoms with E-state index in [0.717, 1.165) is 24.3 Å². The van der Waals surface area contributed by atoms with Crippen molar-refractivity contribution in [2.45, 2.75) is 53.9 Å². The maximum atomic E-state index is 12.8. The lowest BCUT2D eigenvalue weighted by molar-refractivity contribution is -0.125. The normalized spacial score (nSPS) is 23.6. The van der Waals surface area contributed by atoms with E-state index in [1.54, 1.807) is 0 Å². The van der Waals surface area contributed by atoms with E-state index < -0.39 is 0 Å². The summed E-state index contributed by atoms with van der Waals surface area (Å²) >= 11 is 0. The second-order valence-electron chi connectivity index (χ2n) is 7.87. The molecular formula is C20H31NO2. The summed E-state index contributed by atoms with van der Waals surface area (Å²) in [4.78, 5) is 12.8. The molecule has 1 aromatic carbocycles. The minimum atomic E-state index is 0.102. The van der Waals surface area contributed by atoms with Gasteiger partial charge in [0.1, 0.15) is 5.75 Å². The first-order valence-corrected chi connectivity index (χ1v) is 8.86. The van der Waals surface area contributed by atoms with Crippen LogP contribution >= 0.6 is 0 Å². The van der Waals surface area contributed by atoms with Crippen molar-refractivity contribution >= 4 is 11.6 Å². The number of nitrogens with one attached hydrogen (secondary N) is 1. The van der Waals surface area contributed by atoms with Crippen LogP contribution in [0.25, 0.3) is 0 Å². The van der Waals surface area contributed by atoms with Crippen molar-refractivity contribution < 1.29 is 9.53 Å². The van der Waals surface area contributed by atoms with Gasteiger partial charge in [0.2, 0.25) is 5.91 Å². The third-order valence-corrected chi connectivity index (χ3v) is 5.07. The molecule has 0 aromatic heterocycles. The van der Waals surface area contributed by atoms with Crippen LogP contribution in [-0.2, 0) is 4.79 Å². The Morgan fingerprint density at radius 3 is 2.52 bits per heavy atom. The highest BCUT2D eigenvalue weighted by atomic mass is 16.5. The summed E-state index contributed by atoms with van der Waals surface area (Å²) in [5.41, 5.74) is 1.11. The smallest absolute Gasteiger partial charge is 0.227 e. The van der Waals surface area contributed by atoms with Crippen molar-refractivity contribution in [1.29, 1.82) is 0 Å². The molecule has 23 heavy (non-hydrogen) atoms. The molecule has 0 radical (unpaired) electrons. The number of hydrogen-bond donors (Lipinski definition) is 1. The quantitative estimate of drug-likeness (QED) is 0.818. The molecule has 0 bridgehead atoms. The number of hydrogen-bond acceptors (Lipinski definition) is 2. The van der Waals surface area contributed by atoms with Gasteiger partial charge in [0.05, 0.1) is 6.61 Å². The average molecular weight is 317 g/mol. The Kier molecular flexibility index (Phi) is 5.72. The fourth-order valence-corrected chi connectivity index (χ4v) is 3.73. The lowest BCUT2D eigenvalue weighted by atomic mass is 9.64. The molecule has 3 nitrogen and oxygen atoms in total. The molecule has 128 valence electrons. The highest BCUT2D eigenvalue weighted by Crippen LogP contribution is 2.44. The fraction of sp³-hybridized carbons (Fsp3) is 0.650. The van der Waals surface area contributed by atoms with Gasteiger partial charge in [0.25, 0.3) is 0 Å². The Balaban J connectivity index is 2.07. The van der Waals surface area contributed by atoms with Crippen LogP contribution in [-0.4, -0.2) is 12.5 Å². The van der Waals surface area contributed by atoms with E-state index in [4.69, 9.17) is 4.74 Å². The molecule has 2 unspecified atom stereocenters. The van der Waals surface area contributed by atoms with Crippen molar-refractivity contribution in [2.24, 2.45) is 23.2 Å². The van der Waals surface area contributed by atoms with Crippen LogP contribution < -0.4 is 10.1 Å². The number of benzene rings is 1. The van der Waals surface area contributed by atoms with Crippen molar-refractivity contribution in [2.75, 3.05) is 11.9 Å². The Morgan fingerprint density at radius 2 is 1.96 bits per heavy atom. The van der Waals surface area contributed by atoms with Gasteiger partial charge in [-0.3, -0.25) is 4.79 Å². The van der Waals surface area contributed by atoms with Gasteiger partial charge in [0, 0.05) is 11.6 Å². The SMILES string of the molecule is CCOc1ccc(NC(=O)C2CC(C)(C)CCC2C(C)C)cc1. The minimum absolute atomic E-state index is 0.102. The van der Waals surface area contributed by atoms with Gasteiger partial charge in [-0.15, -0.1) is 0 Å². The summed E-state index contributed by atoms with van der Waals surface area (Å²) < 4.78 is 5.45. The molecule has 1 N–H and O–H groups in total. The summed E-state index contributed by atoms with van der Waals surface area (Å²) in [5.74, 6) is 2.13. The van der Waals surface area contributed by atoms with E-state index in [9.17, 15) is 4.79 Å². The zero-order chi connectivity index (χ0) is 17.0. The average Bonchev–Trinajstić information content (AvgIpc) is 2.48. The minimum Gasteiger partial charge on any atom is -0.494 e. The Labute approximate surface area is 140 Å². The number of carbonyl (C=O) groups is 1. The summed E-state index contributed by atoms with van der Waals surface area (Å²) in [5, 5.41) is 3.11. The number of amides is 1. The molecular weight excluding hydrogens is 286 g/mol. The summed E-state index contributed by atoms with van der Waals surface area (Å²) in [6.45, 7) is 11.6. The molecule has 1 amide bonds. The van der Waals surface area contributed by atoms with Crippen molar-refractivity contribution in [3.05, 3.63) is 24.3 Å². The topological polar surface area (TPSA) is 38.3 Å². The Morgan fingerprint density at radius 1 is 1.30 bits per heavy atom. The predicted octanol–water partition coefficient (Wildman–Crippen LogP) is 5.12. The van der Waals surface area contributed by atoms with Crippen molar-refractivity contribution in [3.8, 4) is 5.75 Å². The fourth-order valence-electron chi connectivity index (χ4n) is 3.73. The molecule has 2 rings (SSSR count). The molecule has 1 fully saturated rings. The Hall–Kier alpha value is -1.51. The van der Waals surface area contributed by atoms with Crippen LogP contribution in [0.15, 0.2) is 24.3 Å². The van der Waals surface area contributed by atoms with Gasteiger partial charge in [-0.05, 0) is 67.7 Å². The van der Waals surface area contributed by atoms with Crippen molar-refractivity contribution in [3.63, 3.8) is 0 Å². The van der Waals surface area contributed by atoms with Crippen LogP contribution in [0.2, 0.25) is 0 Å². The first-order valence-electron chi connectivity index (χ1n) is 8.86. The molecule has 0 aliphatic heterocycles. The number of anilines is 1. The second-order valence-corrected chi connectivity index (χ2v) is 7.87. The Bertz CT molecular complexity index is 519. The van der Waals surface area contributed by atoms with Crippen LogP contribution in [0.3, 0.4) is 0 Å². The number of rotatable bonds is 5. The molecule has 3 heteroatoms. The van der Waals surface area contributed by atoms with E-state index in [-0.39, 0.29) is 17.2 Å². The first-order chi connectivity index (χ1) is 10.8. The van der Waals surface area contributed by atoms with Crippen LogP contribution in [0.5, 0.6) is 5.75 Å². The standard InChI is InChI=1S/C20H31NO2/c1-6-23-16-9-7-15(8-10-16)21-19(22)18-13-20(4,5)12-11-17(18)14(2)3/h7-10,14,17-18H,6,11-13H2,1-5H3,(H,21,22). The highest BCUT2D eigenvalue weighted by molar-refractivity contribution is 5.92. The van der Waals surface area contributed by atoms with E-state index in [0.29, 0.717) is 18.4 Å². The summed E-state index contributed by atoms with van der Waals surface area (Å²) in [6.07, 6.45) is 3.33. The summed E-state index contributed by atoms with van der Waals surface area (Å²) in [6, 6.07) is 7.65. The van der Waals surface area contributed by atoms with E-state index >= 15 is 0 Å². The first kappa shape index (κ1) is 17.8. The lowest BCUT2D eigenvalue weighted by Gasteiger charge is -2.41. The zero-order valence-electron chi connectivity index (χ0n) is 15.2. The summed E-state index contributed by atoms with van der Waals surface area (Å²) in [7, 11) is 0. The van der Waals surface area contributed by atoms with Gasteiger partial charge in [-0.1, -0.05) is 27.7 Å². The van der Waals surface area contributed by atoms with Gasteiger partial charge < -0.3 is 10.1 Å². The molecule has 0 saturated heterocycles. The van der Waals surface area contributed by atoms with Gasteiger partial charge >= 0.3 is 0 Å². The molecule has 0 heterocycles. The predicted molar refractivity (Wildman–Crippen MR) is 95.7 cm³/mol. The van der Waals surface area contributed by atoms with Crippen molar-refractivity contribution in [1.82, 2.24) is 0 Å². The highest BCUT2D eigenvalue weighted by Gasteiger charge is 2.39. The maximum Gasteiger partial charge on any atom is 0.227 e. The van der Waals surface area contributed by atoms with Crippen LogP contribution in [0.4, 0.5) is 5.69 Å². The van der Waals surface area contributed by atoms with Gasteiger partial charge in [0.15, 0.2) is 0 Å². The number of ether oxygens (including phenoxy) is 1. The second kappa shape index (κ2) is 7.37. The third-order valence-electron chi connectivity index (χ3n) is 5.07.